The molecular weight excluding hydrogens is 308 g/mol. The summed E-state index contributed by atoms with van der Waals surface area (Å²) in [5.74, 6) is -1.95. The molecule has 2 aromatic carbocycles. The summed E-state index contributed by atoms with van der Waals surface area (Å²) in [6.45, 7) is 0.515. The first-order valence-electron chi connectivity index (χ1n) is 7.50. The Morgan fingerprint density at radius 2 is 1.50 bits per heavy atom. The fourth-order valence-electron chi connectivity index (χ4n) is 2.16. The molecule has 0 fully saturated rings. The highest BCUT2D eigenvalue weighted by molar-refractivity contribution is 6.44. The zero-order valence-electron chi connectivity index (χ0n) is 13.4. The molecular formula is C19H18O5. The predicted octanol–water partition coefficient (Wildman–Crippen LogP) is 2.83. The summed E-state index contributed by atoms with van der Waals surface area (Å²) in [5.41, 5.74) is 1.13. The number of carbonyl (C=O) groups excluding carboxylic acids is 3. The number of esters is 1. The van der Waals surface area contributed by atoms with Gasteiger partial charge in [-0.2, -0.15) is 0 Å². The summed E-state index contributed by atoms with van der Waals surface area (Å²) in [7, 11) is 1.23. The molecule has 0 radical (unpaired) electrons. The summed E-state index contributed by atoms with van der Waals surface area (Å²) in [4.78, 5) is 35.9. The van der Waals surface area contributed by atoms with Crippen molar-refractivity contribution in [1.29, 1.82) is 0 Å². The molecule has 124 valence electrons. The van der Waals surface area contributed by atoms with E-state index in [9.17, 15) is 14.4 Å². The van der Waals surface area contributed by atoms with Crippen LogP contribution in [0.5, 0.6) is 0 Å². The molecule has 0 aliphatic rings. The number of rotatable bonds is 8. The number of benzene rings is 2. The highest BCUT2D eigenvalue weighted by atomic mass is 16.5. The molecule has 5 nitrogen and oxygen atoms in total. The van der Waals surface area contributed by atoms with Crippen LogP contribution in [0.1, 0.15) is 32.7 Å². The fraction of sp³-hybridized carbons (Fsp3) is 0.211. The van der Waals surface area contributed by atoms with Gasteiger partial charge >= 0.3 is 5.97 Å². The van der Waals surface area contributed by atoms with E-state index in [1.165, 1.54) is 19.2 Å². The molecule has 0 saturated heterocycles. The lowest BCUT2D eigenvalue weighted by Gasteiger charge is -2.07. The summed E-state index contributed by atoms with van der Waals surface area (Å²) in [5, 5.41) is 0. The highest BCUT2D eigenvalue weighted by Gasteiger charge is 2.22. The SMILES string of the molecule is COC(=O)c1ccccc1C(=O)C(=O)CCOCc1ccccc1. The second kappa shape index (κ2) is 8.74. The van der Waals surface area contributed by atoms with Crippen LogP contribution < -0.4 is 0 Å². The number of methoxy groups -OCH3 is 1. The van der Waals surface area contributed by atoms with E-state index in [1.54, 1.807) is 12.1 Å². The van der Waals surface area contributed by atoms with Crippen LogP contribution in [-0.2, 0) is 20.9 Å². The third-order valence-electron chi connectivity index (χ3n) is 3.42. The van der Waals surface area contributed by atoms with Crippen LogP contribution in [0, 0.1) is 0 Å². The van der Waals surface area contributed by atoms with E-state index < -0.39 is 17.5 Å². The topological polar surface area (TPSA) is 69.7 Å². The molecule has 0 aliphatic carbocycles. The van der Waals surface area contributed by atoms with Gasteiger partial charge in [0.25, 0.3) is 0 Å². The van der Waals surface area contributed by atoms with E-state index in [1.807, 2.05) is 30.3 Å². The predicted molar refractivity (Wildman–Crippen MR) is 87.8 cm³/mol. The highest BCUT2D eigenvalue weighted by Crippen LogP contribution is 2.12. The average molecular weight is 326 g/mol. The minimum absolute atomic E-state index is 0.0405. The van der Waals surface area contributed by atoms with Gasteiger partial charge in [-0.25, -0.2) is 4.79 Å². The number of Topliss-reactive ketones (excluding diaryl/α,β-unsaturated/α-hetero) is 2. The minimum Gasteiger partial charge on any atom is -0.465 e. The van der Waals surface area contributed by atoms with E-state index in [4.69, 9.17) is 4.74 Å². The first-order chi connectivity index (χ1) is 11.6. The monoisotopic (exact) mass is 326 g/mol. The van der Waals surface area contributed by atoms with Crippen molar-refractivity contribution in [3.05, 3.63) is 71.3 Å². The Morgan fingerprint density at radius 1 is 0.875 bits per heavy atom. The first kappa shape index (κ1) is 17.6. The van der Waals surface area contributed by atoms with Crippen LogP contribution in [0.15, 0.2) is 54.6 Å². The van der Waals surface area contributed by atoms with Gasteiger partial charge in [0.2, 0.25) is 11.6 Å². The maximum atomic E-state index is 12.2. The zero-order valence-corrected chi connectivity index (χ0v) is 13.4. The van der Waals surface area contributed by atoms with Gasteiger partial charge in [-0.05, 0) is 11.6 Å². The van der Waals surface area contributed by atoms with Crippen molar-refractivity contribution >= 4 is 17.5 Å². The summed E-state index contributed by atoms with van der Waals surface area (Å²) in [6, 6.07) is 15.6. The van der Waals surface area contributed by atoms with Crippen LogP contribution in [0.3, 0.4) is 0 Å². The maximum Gasteiger partial charge on any atom is 0.338 e. The first-order valence-corrected chi connectivity index (χ1v) is 7.50. The molecule has 24 heavy (non-hydrogen) atoms. The Kier molecular flexibility index (Phi) is 6.40. The maximum absolute atomic E-state index is 12.2. The van der Waals surface area contributed by atoms with Gasteiger partial charge in [0.1, 0.15) is 0 Å². The largest absolute Gasteiger partial charge is 0.465 e. The molecule has 0 aromatic heterocycles. The van der Waals surface area contributed by atoms with Crippen LogP contribution in [-0.4, -0.2) is 31.3 Å². The molecule has 0 amide bonds. The number of carbonyl (C=O) groups is 3. The lowest BCUT2D eigenvalue weighted by Crippen LogP contribution is -2.19. The van der Waals surface area contributed by atoms with Crippen LogP contribution in [0.4, 0.5) is 0 Å². The van der Waals surface area contributed by atoms with Gasteiger partial charge in [-0.15, -0.1) is 0 Å². The number of hydrogen-bond donors (Lipinski definition) is 0. The third kappa shape index (κ3) is 4.60. The molecule has 2 rings (SSSR count). The molecule has 5 heteroatoms. The Labute approximate surface area is 140 Å². The summed E-state index contributed by atoms with van der Waals surface area (Å²) in [6.07, 6.45) is -0.0405. The van der Waals surface area contributed by atoms with E-state index in [-0.39, 0.29) is 24.2 Å². The number of ether oxygens (including phenoxy) is 2. The van der Waals surface area contributed by atoms with Crippen molar-refractivity contribution in [2.45, 2.75) is 13.0 Å². The van der Waals surface area contributed by atoms with Gasteiger partial charge < -0.3 is 9.47 Å². The second-order valence-corrected chi connectivity index (χ2v) is 5.08. The van der Waals surface area contributed by atoms with Gasteiger partial charge in [-0.1, -0.05) is 48.5 Å². The second-order valence-electron chi connectivity index (χ2n) is 5.08. The van der Waals surface area contributed by atoms with E-state index in [0.29, 0.717) is 6.61 Å². The van der Waals surface area contributed by atoms with Gasteiger partial charge in [0.15, 0.2) is 0 Å². The van der Waals surface area contributed by atoms with Crippen molar-refractivity contribution in [1.82, 2.24) is 0 Å². The lowest BCUT2D eigenvalue weighted by atomic mass is 10.00. The fourth-order valence-corrected chi connectivity index (χ4v) is 2.16. The van der Waals surface area contributed by atoms with E-state index >= 15 is 0 Å². The normalized spacial score (nSPS) is 10.2. The Bertz CT molecular complexity index is 722. The van der Waals surface area contributed by atoms with E-state index in [0.717, 1.165) is 5.56 Å². The van der Waals surface area contributed by atoms with Crippen LogP contribution in [0.2, 0.25) is 0 Å². The van der Waals surface area contributed by atoms with Crippen LogP contribution >= 0.6 is 0 Å². The zero-order chi connectivity index (χ0) is 17.4. The molecule has 0 saturated carbocycles. The standard InChI is InChI=1S/C19H18O5/c1-23-19(22)16-10-6-5-9-15(16)18(21)17(20)11-12-24-13-14-7-3-2-4-8-14/h2-10H,11-13H2,1H3. The minimum atomic E-state index is -0.709. The molecule has 0 unspecified atom stereocenters. The molecule has 0 bridgehead atoms. The van der Waals surface area contributed by atoms with Crippen LogP contribution in [0.25, 0.3) is 0 Å². The molecule has 0 aliphatic heterocycles. The molecule has 2 aromatic rings. The average Bonchev–Trinajstić information content (AvgIpc) is 2.64. The molecule has 0 heterocycles. The van der Waals surface area contributed by atoms with Gasteiger partial charge in [0, 0.05) is 12.0 Å². The van der Waals surface area contributed by atoms with Gasteiger partial charge in [0.05, 0.1) is 25.9 Å². The number of hydrogen-bond acceptors (Lipinski definition) is 5. The Hall–Kier alpha value is -2.79. The van der Waals surface area contributed by atoms with Crippen molar-refractivity contribution < 1.29 is 23.9 Å². The Balaban J connectivity index is 1.91. The van der Waals surface area contributed by atoms with Crippen molar-refractivity contribution in [2.75, 3.05) is 13.7 Å². The third-order valence-corrected chi connectivity index (χ3v) is 3.42. The van der Waals surface area contributed by atoms with Crippen molar-refractivity contribution in [3.63, 3.8) is 0 Å². The summed E-state index contributed by atoms with van der Waals surface area (Å²) >= 11 is 0. The Morgan fingerprint density at radius 3 is 2.17 bits per heavy atom. The molecule has 0 N–H and O–H groups in total. The van der Waals surface area contributed by atoms with E-state index in [2.05, 4.69) is 4.74 Å². The smallest absolute Gasteiger partial charge is 0.338 e. The molecule has 0 atom stereocenters. The quantitative estimate of drug-likeness (QED) is 0.323. The van der Waals surface area contributed by atoms with Gasteiger partial charge in [-0.3, -0.25) is 9.59 Å². The summed E-state index contributed by atoms with van der Waals surface area (Å²) < 4.78 is 10.0. The lowest BCUT2D eigenvalue weighted by molar-refractivity contribution is -0.116. The molecule has 0 spiro atoms. The number of ketones is 2. The van der Waals surface area contributed by atoms with Crippen molar-refractivity contribution in [2.24, 2.45) is 0 Å². The van der Waals surface area contributed by atoms with Crippen molar-refractivity contribution in [3.8, 4) is 0 Å².